The molecule has 0 spiro atoms. The molecule has 2 aliphatic rings. The van der Waals surface area contributed by atoms with Crippen LogP contribution in [0.3, 0.4) is 0 Å². The zero-order valence-electron chi connectivity index (χ0n) is 20.2. The standard InChI is InChI=1S/C27H42N2O3.ClH/c1-2-3-4-5-6-24(27(31)32)19-20-7-13-25(14-8-20)29-26(30)23-11-9-21(10-12-23)22-15-17-28-18-16-22;/h9-12,20,22,24-25,28H,2-8,13-19H2,1H3,(H,29,30)(H,31,32);1H/t20-,24?,25-;. The van der Waals surface area contributed by atoms with E-state index < -0.39 is 5.97 Å². The van der Waals surface area contributed by atoms with Gasteiger partial charge in [0.2, 0.25) is 0 Å². The maximum atomic E-state index is 12.7. The molecule has 1 saturated heterocycles. The number of halogens is 1. The summed E-state index contributed by atoms with van der Waals surface area (Å²) >= 11 is 0. The van der Waals surface area contributed by atoms with Gasteiger partial charge in [0.15, 0.2) is 0 Å². The molecule has 6 heteroatoms. The van der Waals surface area contributed by atoms with Gasteiger partial charge >= 0.3 is 5.97 Å². The van der Waals surface area contributed by atoms with E-state index in [1.54, 1.807) is 0 Å². The molecule has 3 rings (SSSR count). The zero-order valence-corrected chi connectivity index (χ0v) is 21.0. The van der Waals surface area contributed by atoms with Crippen molar-refractivity contribution in [2.75, 3.05) is 13.1 Å². The number of rotatable bonds is 11. The molecule has 2 fully saturated rings. The number of carboxylic acid groups (broad SMARTS) is 1. The number of hydrogen-bond donors (Lipinski definition) is 3. The van der Waals surface area contributed by atoms with Crippen LogP contribution in [0.5, 0.6) is 0 Å². The van der Waals surface area contributed by atoms with Crippen LogP contribution in [0.15, 0.2) is 24.3 Å². The van der Waals surface area contributed by atoms with Gasteiger partial charge in [-0.3, -0.25) is 9.59 Å². The van der Waals surface area contributed by atoms with Gasteiger partial charge in [-0.2, -0.15) is 0 Å². The summed E-state index contributed by atoms with van der Waals surface area (Å²) in [5, 5.41) is 16.2. The van der Waals surface area contributed by atoms with Gasteiger partial charge in [0.25, 0.3) is 5.91 Å². The molecule has 1 aliphatic carbocycles. The highest BCUT2D eigenvalue weighted by Crippen LogP contribution is 2.32. The Bertz CT molecular complexity index is 711. The van der Waals surface area contributed by atoms with E-state index in [-0.39, 0.29) is 30.3 Å². The molecule has 1 saturated carbocycles. The Morgan fingerprint density at radius 3 is 2.27 bits per heavy atom. The number of carboxylic acids is 1. The monoisotopic (exact) mass is 478 g/mol. The number of piperidine rings is 1. The average Bonchev–Trinajstić information content (AvgIpc) is 2.82. The van der Waals surface area contributed by atoms with Crippen molar-refractivity contribution in [1.82, 2.24) is 10.6 Å². The predicted octanol–water partition coefficient (Wildman–Crippen LogP) is 5.93. The Morgan fingerprint density at radius 2 is 1.67 bits per heavy atom. The van der Waals surface area contributed by atoms with Gasteiger partial charge in [-0.25, -0.2) is 0 Å². The van der Waals surface area contributed by atoms with Crippen LogP contribution in [0.4, 0.5) is 0 Å². The first-order valence-corrected chi connectivity index (χ1v) is 12.9. The van der Waals surface area contributed by atoms with E-state index in [1.807, 2.05) is 12.1 Å². The second-order valence-corrected chi connectivity index (χ2v) is 9.96. The molecule has 186 valence electrons. The largest absolute Gasteiger partial charge is 0.481 e. The minimum atomic E-state index is -0.634. The number of benzene rings is 1. The summed E-state index contributed by atoms with van der Waals surface area (Å²) in [7, 11) is 0. The average molecular weight is 479 g/mol. The second-order valence-electron chi connectivity index (χ2n) is 9.96. The lowest BCUT2D eigenvalue weighted by atomic mass is 9.79. The second kappa shape index (κ2) is 14.6. The molecular weight excluding hydrogens is 436 g/mol. The van der Waals surface area contributed by atoms with Crippen LogP contribution in [0.2, 0.25) is 0 Å². The molecule has 1 aromatic rings. The van der Waals surface area contributed by atoms with E-state index in [4.69, 9.17) is 0 Å². The van der Waals surface area contributed by atoms with Gasteiger partial charge in [-0.15, -0.1) is 12.4 Å². The van der Waals surface area contributed by atoms with E-state index in [0.29, 0.717) is 11.8 Å². The van der Waals surface area contributed by atoms with E-state index >= 15 is 0 Å². The number of hydrogen-bond acceptors (Lipinski definition) is 3. The van der Waals surface area contributed by atoms with Crippen LogP contribution < -0.4 is 10.6 Å². The van der Waals surface area contributed by atoms with Crippen LogP contribution >= 0.6 is 12.4 Å². The highest BCUT2D eigenvalue weighted by atomic mass is 35.5. The van der Waals surface area contributed by atoms with Crippen molar-refractivity contribution in [3.8, 4) is 0 Å². The fraction of sp³-hybridized carbons (Fsp3) is 0.704. The van der Waals surface area contributed by atoms with E-state index in [0.717, 1.165) is 82.9 Å². The topological polar surface area (TPSA) is 78.4 Å². The normalized spacial score (nSPS) is 22.2. The van der Waals surface area contributed by atoms with Crippen molar-refractivity contribution in [2.45, 2.75) is 95.9 Å². The molecule has 0 bridgehead atoms. The molecule has 3 N–H and O–H groups in total. The minimum absolute atomic E-state index is 0. The van der Waals surface area contributed by atoms with Gasteiger partial charge in [-0.1, -0.05) is 44.7 Å². The minimum Gasteiger partial charge on any atom is -0.481 e. The summed E-state index contributed by atoms with van der Waals surface area (Å²) in [6.45, 7) is 4.32. The summed E-state index contributed by atoms with van der Waals surface area (Å²) < 4.78 is 0. The van der Waals surface area contributed by atoms with Gasteiger partial charge in [-0.05, 0) is 94.0 Å². The van der Waals surface area contributed by atoms with Gasteiger partial charge < -0.3 is 15.7 Å². The lowest BCUT2D eigenvalue weighted by Crippen LogP contribution is -2.38. The van der Waals surface area contributed by atoms with Crippen LogP contribution in [-0.4, -0.2) is 36.1 Å². The first-order valence-electron chi connectivity index (χ1n) is 12.9. The molecule has 1 heterocycles. The smallest absolute Gasteiger partial charge is 0.306 e. The van der Waals surface area contributed by atoms with Crippen LogP contribution in [0, 0.1) is 11.8 Å². The fourth-order valence-electron chi connectivity index (χ4n) is 5.44. The molecule has 1 aliphatic heterocycles. The molecule has 1 unspecified atom stereocenters. The van der Waals surface area contributed by atoms with Crippen molar-refractivity contribution in [2.24, 2.45) is 11.8 Å². The zero-order chi connectivity index (χ0) is 22.8. The SMILES string of the molecule is CCCCCCC(C[C@H]1CC[C@H](NC(=O)c2ccc(C3CCNCC3)cc2)CC1)C(=O)O.Cl. The highest BCUT2D eigenvalue weighted by molar-refractivity contribution is 5.94. The molecule has 1 amide bonds. The summed E-state index contributed by atoms with van der Waals surface area (Å²) in [5.41, 5.74) is 2.08. The van der Waals surface area contributed by atoms with Crippen molar-refractivity contribution in [3.63, 3.8) is 0 Å². The summed E-state index contributed by atoms with van der Waals surface area (Å²) in [5.74, 6) is 0.251. The van der Waals surface area contributed by atoms with Crippen molar-refractivity contribution in [3.05, 3.63) is 35.4 Å². The van der Waals surface area contributed by atoms with Crippen molar-refractivity contribution < 1.29 is 14.7 Å². The molecule has 0 aromatic heterocycles. The van der Waals surface area contributed by atoms with Gasteiger partial charge in [0.1, 0.15) is 0 Å². The number of carbonyl (C=O) groups is 2. The fourth-order valence-corrected chi connectivity index (χ4v) is 5.44. The van der Waals surface area contributed by atoms with Crippen molar-refractivity contribution in [1.29, 1.82) is 0 Å². The van der Waals surface area contributed by atoms with E-state index in [2.05, 4.69) is 29.7 Å². The Kier molecular flexibility index (Phi) is 12.3. The summed E-state index contributed by atoms with van der Waals surface area (Å²) in [4.78, 5) is 24.4. The first-order chi connectivity index (χ1) is 15.6. The number of amides is 1. The third-order valence-corrected chi connectivity index (χ3v) is 7.54. The van der Waals surface area contributed by atoms with E-state index in [9.17, 15) is 14.7 Å². The molecule has 0 radical (unpaired) electrons. The molecule has 1 atom stereocenters. The third-order valence-electron chi connectivity index (χ3n) is 7.54. The van der Waals surface area contributed by atoms with Crippen LogP contribution in [0.1, 0.15) is 106 Å². The van der Waals surface area contributed by atoms with Gasteiger partial charge in [0, 0.05) is 11.6 Å². The first kappa shape index (κ1) is 27.7. The Labute approximate surface area is 205 Å². The Hall–Kier alpha value is -1.59. The molecular formula is C27H43ClN2O3. The van der Waals surface area contributed by atoms with E-state index in [1.165, 1.54) is 18.4 Å². The Morgan fingerprint density at radius 1 is 1.00 bits per heavy atom. The predicted molar refractivity (Wildman–Crippen MR) is 136 cm³/mol. The lowest BCUT2D eigenvalue weighted by Gasteiger charge is -2.30. The van der Waals surface area contributed by atoms with Crippen molar-refractivity contribution >= 4 is 24.3 Å². The van der Waals surface area contributed by atoms with Crippen LogP contribution in [0.25, 0.3) is 0 Å². The third kappa shape index (κ3) is 8.94. The number of carbonyl (C=O) groups excluding carboxylic acids is 1. The van der Waals surface area contributed by atoms with Crippen LogP contribution in [-0.2, 0) is 4.79 Å². The Balaban J connectivity index is 0.00000385. The number of unbranched alkanes of at least 4 members (excludes halogenated alkanes) is 3. The number of nitrogens with one attached hydrogen (secondary N) is 2. The lowest BCUT2D eigenvalue weighted by molar-refractivity contribution is -0.142. The number of aliphatic carboxylic acids is 1. The molecule has 5 nitrogen and oxygen atoms in total. The summed E-state index contributed by atoms with van der Waals surface area (Å²) in [6.07, 6.45) is 12.4. The highest BCUT2D eigenvalue weighted by Gasteiger charge is 2.27. The maximum absolute atomic E-state index is 12.7. The maximum Gasteiger partial charge on any atom is 0.306 e. The quantitative estimate of drug-likeness (QED) is 0.344. The molecule has 1 aromatic carbocycles. The molecule has 33 heavy (non-hydrogen) atoms. The van der Waals surface area contributed by atoms with Gasteiger partial charge in [0.05, 0.1) is 5.92 Å². The summed E-state index contributed by atoms with van der Waals surface area (Å²) in [6, 6.07) is 8.38.